The standard InChI is InChI=1S/C12H9F4NO/c13-10-4-8(3-9(5-10)12(14,15)16)11-7(6-17)1-2-18-11/h3-5,7,11H,1-2H2. The Balaban J connectivity index is 2.40. The van der Waals surface area contributed by atoms with Gasteiger partial charge in [0.25, 0.3) is 0 Å². The number of hydrogen-bond donors (Lipinski definition) is 0. The van der Waals surface area contributed by atoms with E-state index in [4.69, 9.17) is 10.00 Å². The van der Waals surface area contributed by atoms with Gasteiger partial charge >= 0.3 is 6.18 Å². The van der Waals surface area contributed by atoms with Crippen molar-refractivity contribution in [2.24, 2.45) is 5.92 Å². The molecule has 2 unspecified atom stereocenters. The molecule has 0 aromatic heterocycles. The molecule has 1 aliphatic rings. The van der Waals surface area contributed by atoms with Crippen LogP contribution >= 0.6 is 0 Å². The van der Waals surface area contributed by atoms with Gasteiger partial charge in [-0.05, 0) is 30.2 Å². The summed E-state index contributed by atoms with van der Waals surface area (Å²) >= 11 is 0. The zero-order valence-corrected chi connectivity index (χ0v) is 9.17. The zero-order valence-electron chi connectivity index (χ0n) is 9.17. The van der Waals surface area contributed by atoms with Crippen LogP contribution in [0.25, 0.3) is 0 Å². The van der Waals surface area contributed by atoms with E-state index < -0.39 is 29.6 Å². The highest BCUT2D eigenvalue weighted by atomic mass is 19.4. The van der Waals surface area contributed by atoms with E-state index >= 15 is 0 Å². The fourth-order valence-electron chi connectivity index (χ4n) is 1.99. The van der Waals surface area contributed by atoms with Crippen molar-refractivity contribution >= 4 is 0 Å². The maximum atomic E-state index is 13.2. The van der Waals surface area contributed by atoms with Crippen molar-refractivity contribution in [1.29, 1.82) is 5.26 Å². The molecule has 1 aromatic rings. The molecular weight excluding hydrogens is 250 g/mol. The van der Waals surface area contributed by atoms with Crippen LogP contribution in [-0.2, 0) is 10.9 Å². The average Bonchev–Trinajstić information content (AvgIpc) is 2.74. The average molecular weight is 259 g/mol. The first kappa shape index (κ1) is 12.8. The topological polar surface area (TPSA) is 33.0 Å². The van der Waals surface area contributed by atoms with E-state index in [9.17, 15) is 17.6 Å². The van der Waals surface area contributed by atoms with Gasteiger partial charge in [-0.15, -0.1) is 0 Å². The summed E-state index contributed by atoms with van der Waals surface area (Å²) in [5.74, 6) is -1.51. The minimum Gasteiger partial charge on any atom is -0.372 e. The Morgan fingerprint density at radius 2 is 2.00 bits per heavy atom. The molecule has 1 fully saturated rings. The Bertz CT molecular complexity index is 492. The van der Waals surface area contributed by atoms with Gasteiger partial charge in [-0.2, -0.15) is 18.4 Å². The van der Waals surface area contributed by atoms with Gasteiger partial charge in [0.05, 0.1) is 23.7 Å². The van der Waals surface area contributed by atoms with E-state index in [1.807, 2.05) is 6.07 Å². The number of ether oxygens (including phenoxy) is 1. The van der Waals surface area contributed by atoms with Crippen molar-refractivity contribution in [2.45, 2.75) is 18.7 Å². The number of halogens is 4. The molecule has 1 aromatic carbocycles. The van der Waals surface area contributed by atoms with E-state index in [1.54, 1.807) is 0 Å². The number of nitriles is 1. The van der Waals surface area contributed by atoms with Crippen LogP contribution in [0.3, 0.4) is 0 Å². The van der Waals surface area contributed by atoms with Gasteiger partial charge in [0.1, 0.15) is 5.82 Å². The van der Waals surface area contributed by atoms with Crippen molar-refractivity contribution in [1.82, 2.24) is 0 Å². The maximum Gasteiger partial charge on any atom is 0.416 e. The number of hydrogen-bond acceptors (Lipinski definition) is 2. The van der Waals surface area contributed by atoms with Gasteiger partial charge in [-0.3, -0.25) is 0 Å². The largest absolute Gasteiger partial charge is 0.416 e. The number of nitrogens with zero attached hydrogens (tertiary/aromatic N) is 1. The Hall–Kier alpha value is -1.61. The summed E-state index contributed by atoms with van der Waals surface area (Å²) in [6.07, 6.45) is -4.96. The summed E-state index contributed by atoms with van der Waals surface area (Å²) in [7, 11) is 0. The number of benzene rings is 1. The number of alkyl halides is 3. The molecule has 2 rings (SSSR count). The highest BCUT2D eigenvalue weighted by Gasteiger charge is 2.35. The van der Waals surface area contributed by atoms with Crippen molar-refractivity contribution in [3.8, 4) is 6.07 Å². The second-order valence-corrected chi connectivity index (χ2v) is 4.09. The van der Waals surface area contributed by atoms with E-state index in [0.29, 0.717) is 19.1 Å². The van der Waals surface area contributed by atoms with E-state index in [2.05, 4.69) is 0 Å². The molecule has 0 N–H and O–H groups in total. The Kier molecular flexibility index (Phi) is 3.26. The Morgan fingerprint density at radius 1 is 1.28 bits per heavy atom. The quantitative estimate of drug-likeness (QED) is 0.724. The van der Waals surface area contributed by atoms with Crippen molar-refractivity contribution in [3.63, 3.8) is 0 Å². The Morgan fingerprint density at radius 3 is 2.61 bits per heavy atom. The van der Waals surface area contributed by atoms with Gasteiger partial charge < -0.3 is 4.74 Å². The predicted octanol–water partition coefficient (Wildman–Crippen LogP) is 3.45. The van der Waals surface area contributed by atoms with Crippen LogP contribution in [0.5, 0.6) is 0 Å². The minimum atomic E-state index is -4.61. The third-order valence-electron chi connectivity index (χ3n) is 2.83. The highest BCUT2D eigenvalue weighted by molar-refractivity contribution is 5.30. The fraction of sp³-hybridized carbons (Fsp3) is 0.417. The summed E-state index contributed by atoms with van der Waals surface area (Å²) in [4.78, 5) is 0. The lowest BCUT2D eigenvalue weighted by molar-refractivity contribution is -0.137. The van der Waals surface area contributed by atoms with E-state index in [1.165, 1.54) is 0 Å². The smallest absolute Gasteiger partial charge is 0.372 e. The molecule has 1 heterocycles. The third kappa shape index (κ3) is 2.46. The first-order valence-electron chi connectivity index (χ1n) is 5.30. The molecule has 0 saturated carbocycles. The van der Waals surface area contributed by atoms with Gasteiger partial charge in [0.15, 0.2) is 0 Å². The third-order valence-corrected chi connectivity index (χ3v) is 2.83. The summed E-state index contributed by atoms with van der Waals surface area (Å²) < 4.78 is 56.0. The van der Waals surface area contributed by atoms with Crippen LogP contribution in [0.2, 0.25) is 0 Å². The lowest BCUT2D eigenvalue weighted by atomic mass is 9.95. The molecule has 0 radical (unpaired) electrons. The lowest BCUT2D eigenvalue weighted by Crippen LogP contribution is -2.10. The molecule has 96 valence electrons. The molecule has 0 amide bonds. The normalized spacial score (nSPS) is 23.9. The van der Waals surface area contributed by atoms with Gasteiger partial charge in [0.2, 0.25) is 0 Å². The molecule has 1 aliphatic heterocycles. The molecule has 18 heavy (non-hydrogen) atoms. The molecule has 0 aliphatic carbocycles. The van der Waals surface area contributed by atoms with Gasteiger partial charge in [-0.25, -0.2) is 4.39 Å². The summed E-state index contributed by atoms with van der Waals surface area (Å²) in [6, 6.07) is 4.21. The van der Waals surface area contributed by atoms with Crippen LogP contribution in [-0.4, -0.2) is 6.61 Å². The fourth-order valence-corrected chi connectivity index (χ4v) is 1.99. The zero-order chi connectivity index (χ0) is 13.3. The van der Waals surface area contributed by atoms with Gasteiger partial charge in [0, 0.05) is 6.61 Å². The summed E-state index contributed by atoms with van der Waals surface area (Å²) in [5, 5.41) is 8.85. The summed E-state index contributed by atoms with van der Waals surface area (Å²) in [5.41, 5.74) is -1.00. The van der Waals surface area contributed by atoms with Crippen LogP contribution in [0.1, 0.15) is 23.7 Å². The first-order chi connectivity index (χ1) is 8.41. The number of rotatable bonds is 1. The SMILES string of the molecule is N#CC1CCOC1c1cc(F)cc(C(F)(F)F)c1. The minimum absolute atomic E-state index is 0.0615. The molecule has 2 atom stereocenters. The molecule has 0 spiro atoms. The van der Waals surface area contributed by atoms with Crippen LogP contribution in [0, 0.1) is 23.1 Å². The van der Waals surface area contributed by atoms with Crippen LogP contribution < -0.4 is 0 Å². The van der Waals surface area contributed by atoms with Crippen molar-refractivity contribution in [3.05, 3.63) is 35.1 Å². The predicted molar refractivity (Wildman–Crippen MR) is 53.8 cm³/mol. The second kappa shape index (κ2) is 4.58. The summed E-state index contributed by atoms with van der Waals surface area (Å²) in [6.45, 7) is 0.292. The van der Waals surface area contributed by atoms with Crippen LogP contribution in [0.15, 0.2) is 18.2 Å². The van der Waals surface area contributed by atoms with Crippen molar-refractivity contribution in [2.75, 3.05) is 6.61 Å². The molecule has 2 nitrogen and oxygen atoms in total. The van der Waals surface area contributed by atoms with E-state index in [-0.39, 0.29) is 5.56 Å². The second-order valence-electron chi connectivity index (χ2n) is 4.09. The first-order valence-corrected chi connectivity index (χ1v) is 5.30. The monoisotopic (exact) mass is 259 g/mol. The lowest BCUT2D eigenvalue weighted by Gasteiger charge is -2.15. The molecule has 0 bridgehead atoms. The van der Waals surface area contributed by atoms with Crippen LogP contribution in [0.4, 0.5) is 17.6 Å². The molecule has 6 heteroatoms. The molecule has 1 saturated heterocycles. The Labute approximate surface area is 101 Å². The van der Waals surface area contributed by atoms with E-state index in [0.717, 1.165) is 12.1 Å². The maximum absolute atomic E-state index is 13.2. The highest BCUT2D eigenvalue weighted by Crippen LogP contribution is 2.37. The van der Waals surface area contributed by atoms with Crippen molar-refractivity contribution < 1.29 is 22.3 Å². The molecular formula is C12H9F4NO. The van der Waals surface area contributed by atoms with Gasteiger partial charge in [-0.1, -0.05) is 0 Å².